The van der Waals surface area contributed by atoms with Crippen molar-refractivity contribution in [3.63, 3.8) is 0 Å². The molecule has 0 saturated carbocycles. The van der Waals surface area contributed by atoms with Crippen LogP contribution >= 0.6 is 0 Å². The van der Waals surface area contributed by atoms with Crippen LogP contribution in [0.3, 0.4) is 0 Å². The van der Waals surface area contributed by atoms with Crippen LogP contribution in [0.25, 0.3) is 0 Å². The van der Waals surface area contributed by atoms with E-state index in [0.29, 0.717) is 0 Å². The highest BCUT2D eigenvalue weighted by atomic mass is 28.2. The van der Waals surface area contributed by atoms with E-state index in [0.717, 1.165) is 5.69 Å². The molecule has 0 aliphatic rings. The van der Waals surface area contributed by atoms with Gasteiger partial charge in [-0.15, -0.1) is 0 Å². The van der Waals surface area contributed by atoms with Crippen LogP contribution in [0.2, 0.25) is 5.04 Å². The number of carbonyl (C=O) groups excluding carboxylic acids is 1. The van der Waals surface area contributed by atoms with E-state index < -0.39 is 15.4 Å². The van der Waals surface area contributed by atoms with E-state index in [1.807, 2.05) is 13.8 Å². The van der Waals surface area contributed by atoms with E-state index in [-0.39, 0.29) is 17.6 Å². The first-order chi connectivity index (χ1) is 8.65. The van der Waals surface area contributed by atoms with Gasteiger partial charge >= 0.3 is 5.97 Å². The number of imidazole rings is 1. The average Bonchev–Trinajstić information content (AvgIpc) is 2.74. The molecule has 0 bridgehead atoms. The maximum absolute atomic E-state index is 11.4. The first kappa shape index (κ1) is 15.9. The molecule has 0 amide bonds. The van der Waals surface area contributed by atoms with Crippen LogP contribution in [0.1, 0.15) is 40.3 Å². The van der Waals surface area contributed by atoms with Crippen molar-refractivity contribution in [3.05, 3.63) is 18.2 Å². The second-order valence-electron chi connectivity index (χ2n) is 6.34. The van der Waals surface area contributed by atoms with E-state index in [1.54, 1.807) is 17.1 Å². The minimum Gasteiger partial charge on any atom is -0.468 e. The molecule has 1 rings (SSSR count). The van der Waals surface area contributed by atoms with Gasteiger partial charge in [0.15, 0.2) is 9.76 Å². The summed E-state index contributed by atoms with van der Waals surface area (Å²) in [4.78, 5) is 15.5. The largest absolute Gasteiger partial charge is 0.468 e. The van der Waals surface area contributed by atoms with Gasteiger partial charge < -0.3 is 13.7 Å². The number of esters is 1. The maximum atomic E-state index is 11.4. The zero-order valence-corrected chi connectivity index (χ0v) is 14.1. The third-order valence-electron chi connectivity index (χ3n) is 2.72. The van der Waals surface area contributed by atoms with Gasteiger partial charge in [-0.1, -0.05) is 20.8 Å². The first-order valence-corrected chi connectivity index (χ1v) is 7.65. The third-order valence-corrected chi connectivity index (χ3v) is 4.45. The Morgan fingerprint density at radius 1 is 1.37 bits per heavy atom. The third kappa shape index (κ3) is 4.79. The van der Waals surface area contributed by atoms with Crippen molar-refractivity contribution in [1.82, 2.24) is 9.55 Å². The molecule has 0 saturated heterocycles. The van der Waals surface area contributed by atoms with Crippen molar-refractivity contribution in [2.45, 2.75) is 51.8 Å². The summed E-state index contributed by atoms with van der Waals surface area (Å²) < 4.78 is 12.6. The highest BCUT2D eigenvalue weighted by Gasteiger charge is 2.28. The molecule has 0 aliphatic carbocycles. The lowest BCUT2D eigenvalue weighted by molar-refractivity contribution is -0.141. The van der Waals surface area contributed by atoms with Crippen LogP contribution in [0.5, 0.6) is 0 Å². The molecule has 0 aliphatic heterocycles. The van der Waals surface area contributed by atoms with Crippen molar-refractivity contribution in [2.24, 2.45) is 0 Å². The lowest BCUT2D eigenvalue weighted by Crippen LogP contribution is -2.30. The lowest BCUT2D eigenvalue weighted by Gasteiger charge is -2.30. The number of hydrogen-bond donors (Lipinski definition) is 0. The first-order valence-electron chi connectivity index (χ1n) is 6.37. The fourth-order valence-electron chi connectivity index (χ4n) is 1.62. The van der Waals surface area contributed by atoms with Gasteiger partial charge in [0.2, 0.25) is 0 Å². The summed E-state index contributed by atoms with van der Waals surface area (Å²) in [5, 5.41) is 0.227. The summed E-state index contributed by atoms with van der Waals surface area (Å²) in [5.41, 5.74) is 0.457. The summed E-state index contributed by atoms with van der Waals surface area (Å²) in [6.07, 6.45) is 3.38. The molecule has 0 aromatic carbocycles. The number of ether oxygens (including phenoxy) is 1. The van der Waals surface area contributed by atoms with Gasteiger partial charge in [0.1, 0.15) is 6.54 Å². The normalized spacial score (nSPS) is 13.2. The second kappa shape index (κ2) is 5.88. The zero-order chi connectivity index (χ0) is 14.7. The monoisotopic (exact) mass is 284 g/mol. The molecule has 1 aromatic heterocycles. The number of nitrogens with zero attached hydrogens (tertiary/aromatic N) is 2. The number of aromatic nitrogens is 2. The Morgan fingerprint density at radius 2 is 2.00 bits per heavy atom. The smallest absolute Gasteiger partial charge is 0.325 e. The lowest BCUT2D eigenvalue weighted by atomic mass is 10.1. The van der Waals surface area contributed by atoms with E-state index in [9.17, 15) is 4.79 Å². The molecular weight excluding hydrogens is 260 g/mol. The SMILES string of the molecule is COC(=O)Cn1cncc1C(C)(C)O[SiH2]C(C)(C)C. The van der Waals surface area contributed by atoms with Crippen LogP contribution in [0.4, 0.5) is 0 Å². The van der Waals surface area contributed by atoms with Crippen LogP contribution in [0.15, 0.2) is 12.5 Å². The Bertz CT molecular complexity index is 435. The molecule has 1 aromatic rings. The highest BCUT2D eigenvalue weighted by molar-refractivity contribution is 6.31. The summed E-state index contributed by atoms with van der Waals surface area (Å²) >= 11 is 0. The van der Waals surface area contributed by atoms with Crippen molar-refractivity contribution >= 4 is 15.7 Å². The van der Waals surface area contributed by atoms with Gasteiger partial charge in [-0.25, -0.2) is 4.98 Å². The fraction of sp³-hybridized carbons (Fsp3) is 0.692. The van der Waals surface area contributed by atoms with Crippen molar-refractivity contribution in [3.8, 4) is 0 Å². The number of carbonyl (C=O) groups is 1. The molecule has 0 N–H and O–H groups in total. The van der Waals surface area contributed by atoms with Gasteiger partial charge in [-0.05, 0) is 18.9 Å². The fourth-order valence-corrected chi connectivity index (χ4v) is 2.56. The molecule has 5 nitrogen and oxygen atoms in total. The van der Waals surface area contributed by atoms with Gasteiger partial charge in [-0.3, -0.25) is 4.79 Å². The van der Waals surface area contributed by atoms with Crippen LogP contribution < -0.4 is 0 Å². The van der Waals surface area contributed by atoms with Crippen LogP contribution in [0, 0.1) is 0 Å². The summed E-state index contributed by atoms with van der Waals surface area (Å²) in [6, 6.07) is 0. The molecular formula is C13H24N2O3Si. The molecule has 6 heteroatoms. The average molecular weight is 284 g/mol. The molecule has 19 heavy (non-hydrogen) atoms. The molecule has 1 heterocycles. The molecule has 0 unspecified atom stereocenters. The van der Waals surface area contributed by atoms with Gasteiger partial charge in [0.25, 0.3) is 0 Å². The Balaban J connectivity index is 2.83. The Kier molecular flexibility index (Phi) is 4.92. The summed E-state index contributed by atoms with van der Waals surface area (Å²) in [5.74, 6) is -0.289. The zero-order valence-electron chi connectivity index (χ0n) is 12.7. The van der Waals surface area contributed by atoms with E-state index >= 15 is 0 Å². The van der Waals surface area contributed by atoms with Gasteiger partial charge in [0, 0.05) is 0 Å². The minimum absolute atomic E-state index is 0.162. The number of methoxy groups -OCH3 is 1. The predicted molar refractivity (Wildman–Crippen MR) is 76.6 cm³/mol. The molecule has 0 radical (unpaired) electrons. The minimum atomic E-state index is -0.682. The maximum Gasteiger partial charge on any atom is 0.325 e. The topological polar surface area (TPSA) is 53.4 Å². The van der Waals surface area contributed by atoms with E-state index in [1.165, 1.54) is 7.11 Å². The molecule has 0 fully saturated rings. The highest BCUT2D eigenvalue weighted by Crippen LogP contribution is 2.29. The summed E-state index contributed by atoms with van der Waals surface area (Å²) in [7, 11) is 0.700. The Morgan fingerprint density at radius 3 is 2.53 bits per heavy atom. The standard InChI is InChI=1S/C13H24N2O3Si/c1-12(2,3)19-18-13(4,5)10-7-14-9-15(10)8-11(16)17-6/h7,9H,8,19H2,1-6H3. The predicted octanol–water partition coefficient (Wildman–Crippen LogP) is 1.61. The summed E-state index contributed by atoms with van der Waals surface area (Å²) in [6.45, 7) is 10.7. The van der Waals surface area contributed by atoms with E-state index in [2.05, 4.69) is 30.5 Å². The molecule has 0 atom stereocenters. The van der Waals surface area contributed by atoms with Crippen molar-refractivity contribution < 1.29 is 14.0 Å². The van der Waals surface area contributed by atoms with Crippen LogP contribution in [-0.4, -0.2) is 32.4 Å². The molecule has 0 spiro atoms. The number of rotatable bonds is 5. The second-order valence-corrected chi connectivity index (χ2v) is 9.04. The van der Waals surface area contributed by atoms with E-state index in [4.69, 9.17) is 4.43 Å². The van der Waals surface area contributed by atoms with Gasteiger partial charge in [-0.2, -0.15) is 0 Å². The van der Waals surface area contributed by atoms with Crippen LogP contribution in [-0.2, 0) is 26.1 Å². The molecule has 108 valence electrons. The number of hydrogen-bond acceptors (Lipinski definition) is 4. The van der Waals surface area contributed by atoms with Crippen molar-refractivity contribution in [1.29, 1.82) is 0 Å². The van der Waals surface area contributed by atoms with Crippen molar-refractivity contribution in [2.75, 3.05) is 7.11 Å². The van der Waals surface area contributed by atoms with Gasteiger partial charge in [0.05, 0.1) is 30.9 Å². The quantitative estimate of drug-likeness (QED) is 0.609. The Labute approximate surface area is 117 Å². The Hall–Kier alpha value is -1.14.